The molecule has 1 rings (SSSR count). The van der Waals surface area contributed by atoms with E-state index in [2.05, 4.69) is 11.8 Å². The molecule has 120 valence electrons. The van der Waals surface area contributed by atoms with E-state index < -0.39 is 10.4 Å². The minimum Gasteiger partial charge on any atom is -0.379 e. The van der Waals surface area contributed by atoms with Crippen LogP contribution in [0.3, 0.4) is 0 Å². The van der Waals surface area contributed by atoms with Crippen LogP contribution in [0.1, 0.15) is 26.2 Å². The Labute approximate surface area is 119 Å². The molecule has 0 aromatic heterocycles. The largest absolute Gasteiger partial charge is 0.394 e. The van der Waals surface area contributed by atoms with Crippen molar-refractivity contribution in [3.05, 3.63) is 0 Å². The number of carbonyl (C=O) groups is 1. The lowest BCUT2D eigenvalue weighted by Crippen LogP contribution is -2.38. The average molecular weight is 312 g/mol. The number of morpholine rings is 1. The first kappa shape index (κ1) is 19.3. The van der Waals surface area contributed by atoms with Gasteiger partial charge in [0.15, 0.2) is 0 Å². The van der Waals surface area contributed by atoms with E-state index in [9.17, 15) is 4.79 Å². The number of nitrogens with two attached hydrogens (primary N) is 1. The first-order valence-corrected chi connectivity index (χ1v) is 7.93. The average Bonchev–Trinajstić information content (AvgIpc) is 2.33. The zero-order valence-electron chi connectivity index (χ0n) is 11.7. The number of rotatable bonds is 6. The third-order valence-electron chi connectivity index (χ3n) is 2.94. The van der Waals surface area contributed by atoms with Gasteiger partial charge in [-0.15, -0.1) is 0 Å². The minimum absolute atomic E-state index is 0.0536. The van der Waals surface area contributed by atoms with E-state index in [1.807, 2.05) is 0 Å². The monoisotopic (exact) mass is 312 g/mol. The number of hydrogen-bond donors (Lipinski definition) is 3. The van der Waals surface area contributed by atoms with Crippen LogP contribution in [0.4, 0.5) is 0 Å². The van der Waals surface area contributed by atoms with Crippen LogP contribution in [0.25, 0.3) is 0 Å². The van der Waals surface area contributed by atoms with Crippen LogP contribution >= 0.6 is 0 Å². The Bertz CT molecular complexity index is 359. The van der Waals surface area contributed by atoms with Crippen molar-refractivity contribution in [2.24, 2.45) is 11.7 Å². The number of nitrogens with zero attached hydrogens (tertiary/aromatic N) is 1. The lowest BCUT2D eigenvalue weighted by Gasteiger charge is -2.27. The minimum atomic E-state index is -4.67. The summed E-state index contributed by atoms with van der Waals surface area (Å²) in [7, 11) is -4.67. The van der Waals surface area contributed by atoms with E-state index in [0.717, 1.165) is 52.1 Å². The highest BCUT2D eigenvalue weighted by molar-refractivity contribution is 7.79. The van der Waals surface area contributed by atoms with E-state index >= 15 is 0 Å². The van der Waals surface area contributed by atoms with E-state index in [1.165, 1.54) is 0 Å². The fourth-order valence-corrected chi connectivity index (χ4v) is 1.94. The van der Waals surface area contributed by atoms with Crippen LogP contribution in [0.2, 0.25) is 0 Å². The predicted molar refractivity (Wildman–Crippen MR) is 73.6 cm³/mol. The van der Waals surface area contributed by atoms with Gasteiger partial charge in [0, 0.05) is 19.0 Å². The molecular weight excluding hydrogens is 288 g/mol. The second-order valence-corrected chi connectivity index (χ2v) is 5.47. The Morgan fingerprint density at radius 2 is 1.80 bits per heavy atom. The van der Waals surface area contributed by atoms with Crippen molar-refractivity contribution in [3.63, 3.8) is 0 Å². The van der Waals surface area contributed by atoms with Gasteiger partial charge in [-0.3, -0.25) is 18.8 Å². The lowest BCUT2D eigenvalue weighted by molar-refractivity contribution is -0.122. The maximum atomic E-state index is 11.1. The number of primary amides is 1. The first-order chi connectivity index (χ1) is 9.24. The molecule has 1 atom stereocenters. The second kappa shape index (κ2) is 10.1. The van der Waals surface area contributed by atoms with Gasteiger partial charge >= 0.3 is 10.4 Å². The molecule has 1 fully saturated rings. The smallest absolute Gasteiger partial charge is 0.379 e. The van der Waals surface area contributed by atoms with Crippen LogP contribution in [0, 0.1) is 5.92 Å². The topological polar surface area (TPSA) is 130 Å². The van der Waals surface area contributed by atoms with Gasteiger partial charge in [-0.2, -0.15) is 8.42 Å². The third-order valence-corrected chi connectivity index (χ3v) is 2.94. The van der Waals surface area contributed by atoms with Crippen molar-refractivity contribution in [2.75, 3.05) is 32.8 Å². The van der Waals surface area contributed by atoms with E-state index in [4.69, 9.17) is 28.0 Å². The molecule has 1 unspecified atom stereocenters. The third kappa shape index (κ3) is 12.3. The molecule has 1 aliphatic heterocycles. The molecule has 0 bridgehead atoms. The molecule has 0 spiro atoms. The van der Waals surface area contributed by atoms with Crippen LogP contribution in [0.15, 0.2) is 0 Å². The fourth-order valence-electron chi connectivity index (χ4n) is 1.94. The van der Waals surface area contributed by atoms with E-state index in [0.29, 0.717) is 0 Å². The zero-order valence-corrected chi connectivity index (χ0v) is 12.5. The van der Waals surface area contributed by atoms with Crippen molar-refractivity contribution < 1.29 is 27.1 Å². The van der Waals surface area contributed by atoms with Gasteiger partial charge in [0.1, 0.15) is 0 Å². The number of ether oxygens (including phenoxy) is 1. The molecule has 0 aromatic carbocycles. The highest BCUT2D eigenvalue weighted by atomic mass is 32.3. The van der Waals surface area contributed by atoms with Crippen LogP contribution in [-0.2, 0) is 19.9 Å². The fraction of sp³-hybridized carbons (Fsp3) is 0.909. The summed E-state index contributed by atoms with van der Waals surface area (Å²) in [5, 5.41) is 0. The Morgan fingerprint density at radius 3 is 2.20 bits per heavy atom. The Kier molecular flexibility index (Phi) is 9.68. The Morgan fingerprint density at radius 1 is 1.30 bits per heavy atom. The van der Waals surface area contributed by atoms with Gasteiger partial charge in [-0.25, -0.2) is 0 Å². The van der Waals surface area contributed by atoms with Crippen LogP contribution < -0.4 is 5.73 Å². The summed E-state index contributed by atoms with van der Waals surface area (Å²) < 4.78 is 36.9. The molecule has 0 radical (unpaired) electrons. The van der Waals surface area contributed by atoms with Crippen LogP contribution in [-0.4, -0.2) is 61.2 Å². The van der Waals surface area contributed by atoms with Gasteiger partial charge in [0.2, 0.25) is 5.91 Å². The SMILES string of the molecule is CCCC(CCN1CCOCC1)C(N)=O.O=S(=O)(O)O. The van der Waals surface area contributed by atoms with Gasteiger partial charge in [-0.1, -0.05) is 13.3 Å². The summed E-state index contributed by atoms with van der Waals surface area (Å²) in [6.07, 6.45) is 2.83. The maximum absolute atomic E-state index is 11.1. The second-order valence-electron chi connectivity index (χ2n) is 4.58. The molecule has 0 aromatic rings. The Balaban J connectivity index is 0.000000621. The molecule has 8 nitrogen and oxygen atoms in total. The van der Waals surface area contributed by atoms with Gasteiger partial charge in [0.05, 0.1) is 13.2 Å². The number of amides is 1. The molecule has 1 aliphatic rings. The summed E-state index contributed by atoms with van der Waals surface area (Å²) in [5.74, 6) is -0.0945. The standard InChI is InChI=1S/C11H22N2O2.H2O4S/c1-2-3-10(11(12)14)4-5-13-6-8-15-9-7-13;1-5(2,3)4/h10H,2-9H2,1H3,(H2,12,14);(H2,1,2,3,4). The molecule has 0 saturated carbocycles. The lowest BCUT2D eigenvalue weighted by atomic mass is 9.99. The highest BCUT2D eigenvalue weighted by Gasteiger charge is 2.17. The van der Waals surface area contributed by atoms with E-state index in [-0.39, 0.29) is 11.8 Å². The van der Waals surface area contributed by atoms with Gasteiger partial charge in [0.25, 0.3) is 0 Å². The number of hydrogen-bond acceptors (Lipinski definition) is 5. The van der Waals surface area contributed by atoms with Gasteiger partial charge in [-0.05, 0) is 19.4 Å². The normalized spacial score (nSPS) is 17.9. The highest BCUT2D eigenvalue weighted by Crippen LogP contribution is 2.12. The van der Waals surface area contributed by atoms with Crippen molar-refractivity contribution in [1.29, 1.82) is 0 Å². The maximum Gasteiger partial charge on any atom is 0.394 e. The first-order valence-electron chi connectivity index (χ1n) is 6.53. The van der Waals surface area contributed by atoms with Crippen molar-refractivity contribution >= 4 is 16.3 Å². The molecule has 1 amide bonds. The molecule has 0 aliphatic carbocycles. The van der Waals surface area contributed by atoms with Crippen molar-refractivity contribution in [2.45, 2.75) is 26.2 Å². The van der Waals surface area contributed by atoms with Crippen molar-refractivity contribution in [3.8, 4) is 0 Å². The number of carbonyl (C=O) groups excluding carboxylic acids is 1. The van der Waals surface area contributed by atoms with E-state index in [1.54, 1.807) is 0 Å². The molecule has 4 N–H and O–H groups in total. The molecular formula is C11H24N2O6S. The van der Waals surface area contributed by atoms with Crippen molar-refractivity contribution in [1.82, 2.24) is 4.90 Å². The molecule has 9 heteroatoms. The predicted octanol–water partition coefficient (Wildman–Crippen LogP) is -0.0425. The summed E-state index contributed by atoms with van der Waals surface area (Å²) in [5.41, 5.74) is 5.36. The van der Waals surface area contributed by atoms with Gasteiger partial charge < -0.3 is 10.5 Å². The summed E-state index contributed by atoms with van der Waals surface area (Å²) in [4.78, 5) is 13.5. The summed E-state index contributed by atoms with van der Waals surface area (Å²) in [6.45, 7) is 6.65. The summed E-state index contributed by atoms with van der Waals surface area (Å²) in [6, 6.07) is 0. The van der Waals surface area contributed by atoms with Crippen LogP contribution in [0.5, 0.6) is 0 Å². The summed E-state index contributed by atoms with van der Waals surface area (Å²) >= 11 is 0. The molecule has 20 heavy (non-hydrogen) atoms. The quantitative estimate of drug-likeness (QED) is 0.586. The molecule has 1 heterocycles. The zero-order chi connectivity index (χ0) is 15.6. The molecule has 1 saturated heterocycles. The Hall–Kier alpha value is -0.740.